The molecule has 0 radical (unpaired) electrons. The Kier molecular flexibility index (Phi) is 9.61. The van der Waals surface area contributed by atoms with Crippen LogP contribution in [0.4, 0.5) is 5.69 Å². The highest BCUT2D eigenvalue weighted by Crippen LogP contribution is 2.19. The average Bonchev–Trinajstić information content (AvgIpc) is 3.16. The molecule has 0 unspecified atom stereocenters. The number of carbonyl (C=O) groups is 2. The van der Waals surface area contributed by atoms with Crippen molar-refractivity contribution in [3.63, 3.8) is 0 Å². The number of furan rings is 1. The number of hydrogen-bond donors (Lipinski definition) is 2. The van der Waals surface area contributed by atoms with Crippen molar-refractivity contribution < 1.29 is 14.0 Å². The van der Waals surface area contributed by atoms with Crippen molar-refractivity contribution in [3.05, 3.63) is 52.9 Å². The molecule has 0 spiro atoms. The highest BCUT2D eigenvalue weighted by Gasteiger charge is 2.22. The maximum atomic E-state index is 12.3. The second-order valence-electron chi connectivity index (χ2n) is 6.03. The predicted octanol–water partition coefficient (Wildman–Crippen LogP) is 2.31. The van der Waals surface area contributed by atoms with E-state index in [1.807, 2.05) is 24.3 Å². The summed E-state index contributed by atoms with van der Waals surface area (Å²) in [5.41, 5.74) is 6.90. The summed E-state index contributed by atoms with van der Waals surface area (Å²) in [4.78, 5) is 28.3. The van der Waals surface area contributed by atoms with E-state index in [-0.39, 0.29) is 49.7 Å². The third-order valence-corrected chi connectivity index (χ3v) is 4.59. The van der Waals surface area contributed by atoms with Crippen LogP contribution in [0.2, 0.25) is 5.02 Å². The number of hydrogen-bond acceptors (Lipinski definition) is 5. The summed E-state index contributed by atoms with van der Waals surface area (Å²) in [5, 5.41) is 3.33. The van der Waals surface area contributed by atoms with Crippen LogP contribution in [0.3, 0.4) is 0 Å². The third-order valence-electron chi connectivity index (χ3n) is 4.34. The summed E-state index contributed by atoms with van der Waals surface area (Å²) < 4.78 is 5.12. The van der Waals surface area contributed by atoms with Crippen LogP contribution in [0.25, 0.3) is 0 Å². The SMILES string of the molecule is Cl.Cl.NCc1cc(C(=O)NCC(=O)N2CCN(c3ccc(Cl)cc3)CC2)co1. The molecule has 1 fully saturated rings. The first-order valence-electron chi connectivity index (χ1n) is 8.41. The standard InChI is InChI=1S/C18H21ClN4O3.2ClH/c19-14-1-3-15(4-2-14)22-5-7-23(8-6-22)17(24)11-21-18(25)13-9-16(10-20)26-12-13;;/h1-4,9,12H,5-8,10-11,20H2,(H,21,25);2*1H. The van der Waals surface area contributed by atoms with E-state index in [9.17, 15) is 9.59 Å². The Morgan fingerprint density at radius 1 is 1.11 bits per heavy atom. The van der Waals surface area contributed by atoms with E-state index in [1.54, 1.807) is 11.0 Å². The highest BCUT2D eigenvalue weighted by atomic mass is 35.5. The van der Waals surface area contributed by atoms with Gasteiger partial charge in [0.05, 0.1) is 18.7 Å². The van der Waals surface area contributed by atoms with Crippen molar-refractivity contribution >= 4 is 53.9 Å². The van der Waals surface area contributed by atoms with Gasteiger partial charge in [0.2, 0.25) is 5.91 Å². The van der Waals surface area contributed by atoms with Gasteiger partial charge in [-0.3, -0.25) is 9.59 Å². The highest BCUT2D eigenvalue weighted by molar-refractivity contribution is 6.30. The van der Waals surface area contributed by atoms with Crippen LogP contribution in [-0.4, -0.2) is 49.4 Å². The molecule has 0 saturated carbocycles. The van der Waals surface area contributed by atoms with Crippen LogP contribution >= 0.6 is 36.4 Å². The van der Waals surface area contributed by atoms with Gasteiger partial charge in [-0.15, -0.1) is 24.8 Å². The van der Waals surface area contributed by atoms with E-state index in [2.05, 4.69) is 10.2 Å². The number of benzene rings is 1. The lowest BCUT2D eigenvalue weighted by Crippen LogP contribution is -2.51. The Balaban J connectivity index is 0.00000196. The number of amides is 2. The summed E-state index contributed by atoms with van der Waals surface area (Å²) in [7, 11) is 0. The first-order valence-corrected chi connectivity index (χ1v) is 8.78. The molecule has 10 heteroatoms. The lowest BCUT2D eigenvalue weighted by Gasteiger charge is -2.36. The van der Waals surface area contributed by atoms with Gasteiger partial charge < -0.3 is 25.3 Å². The van der Waals surface area contributed by atoms with Gasteiger partial charge in [0.15, 0.2) is 0 Å². The fourth-order valence-corrected chi connectivity index (χ4v) is 2.97. The summed E-state index contributed by atoms with van der Waals surface area (Å²) >= 11 is 5.91. The molecule has 1 aromatic carbocycles. The maximum absolute atomic E-state index is 12.3. The topological polar surface area (TPSA) is 91.8 Å². The number of nitrogens with two attached hydrogens (primary N) is 1. The maximum Gasteiger partial charge on any atom is 0.254 e. The minimum Gasteiger partial charge on any atom is -0.467 e. The van der Waals surface area contributed by atoms with Crippen LogP contribution in [0.15, 0.2) is 41.0 Å². The molecule has 1 aliphatic heterocycles. The second-order valence-corrected chi connectivity index (χ2v) is 6.47. The monoisotopic (exact) mass is 448 g/mol. The summed E-state index contributed by atoms with van der Waals surface area (Å²) in [6, 6.07) is 9.23. The molecule has 0 bridgehead atoms. The molecule has 28 heavy (non-hydrogen) atoms. The minimum atomic E-state index is -0.346. The van der Waals surface area contributed by atoms with Crippen molar-refractivity contribution in [3.8, 4) is 0 Å². The number of rotatable bonds is 5. The number of nitrogens with one attached hydrogen (secondary N) is 1. The summed E-state index contributed by atoms with van der Waals surface area (Å²) in [6.07, 6.45) is 1.34. The minimum absolute atomic E-state index is 0. The molecule has 2 heterocycles. The van der Waals surface area contributed by atoms with Gasteiger partial charge in [-0.05, 0) is 30.3 Å². The Hall–Kier alpha value is -1.93. The quantitative estimate of drug-likeness (QED) is 0.731. The van der Waals surface area contributed by atoms with Crippen LogP contribution in [-0.2, 0) is 11.3 Å². The van der Waals surface area contributed by atoms with Crippen molar-refractivity contribution in [2.75, 3.05) is 37.6 Å². The van der Waals surface area contributed by atoms with Gasteiger partial charge in [0, 0.05) is 36.9 Å². The van der Waals surface area contributed by atoms with E-state index < -0.39 is 0 Å². The lowest BCUT2D eigenvalue weighted by atomic mass is 10.2. The summed E-state index contributed by atoms with van der Waals surface area (Å²) in [6.45, 7) is 2.89. The van der Waals surface area contributed by atoms with Gasteiger partial charge in [0.1, 0.15) is 12.0 Å². The van der Waals surface area contributed by atoms with E-state index in [0.29, 0.717) is 29.4 Å². The Morgan fingerprint density at radius 2 is 1.75 bits per heavy atom. The van der Waals surface area contributed by atoms with Crippen molar-refractivity contribution in [2.24, 2.45) is 5.73 Å². The van der Waals surface area contributed by atoms with Crippen LogP contribution in [0, 0.1) is 0 Å². The molecule has 1 saturated heterocycles. The number of carbonyl (C=O) groups excluding carboxylic acids is 2. The molecule has 1 aromatic heterocycles. The van der Waals surface area contributed by atoms with Gasteiger partial charge in [-0.1, -0.05) is 11.6 Å². The molecule has 2 amide bonds. The fraction of sp³-hybridized carbons (Fsp3) is 0.333. The number of nitrogens with zero attached hydrogens (tertiary/aromatic N) is 2. The smallest absolute Gasteiger partial charge is 0.254 e. The van der Waals surface area contributed by atoms with Gasteiger partial charge in [0.25, 0.3) is 5.91 Å². The molecule has 0 atom stereocenters. The number of anilines is 1. The van der Waals surface area contributed by atoms with E-state index in [0.717, 1.165) is 18.8 Å². The average molecular weight is 450 g/mol. The predicted molar refractivity (Wildman–Crippen MR) is 114 cm³/mol. The number of halogens is 3. The lowest BCUT2D eigenvalue weighted by molar-refractivity contribution is -0.130. The van der Waals surface area contributed by atoms with Crippen LogP contribution < -0.4 is 16.0 Å². The van der Waals surface area contributed by atoms with Gasteiger partial charge in [-0.2, -0.15) is 0 Å². The van der Waals surface area contributed by atoms with Crippen molar-refractivity contribution in [1.82, 2.24) is 10.2 Å². The van der Waals surface area contributed by atoms with Crippen molar-refractivity contribution in [2.45, 2.75) is 6.54 Å². The molecule has 2 aromatic rings. The van der Waals surface area contributed by atoms with E-state index in [4.69, 9.17) is 21.8 Å². The normalized spacial score (nSPS) is 13.4. The zero-order valence-corrected chi connectivity index (χ0v) is 17.5. The zero-order chi connectivity index (χ0) is 18.5. The van der Waals surface area contributed by atoms with E-state index >= 15 is 0 Å². The molecule has 154 valence electrons. The zero-order valence-electron chi connectivity index (χ0n) is 15.1. The van der Waals surface area contributed by atoms with Gasteiger partial charge in [-0.25, -0.2) is 0 Å². The largest absolute Gasteiger partial charge is 0.467 e. The molecular formula is C18H23Cl3N4O3. The van der Waals surface area contributed by atoms with E-state index in [1.165, 1.54) is 6.26 Å². The molecule has 7 nitrogen and oxygen atoms in total. The number of piperazine rings is 1. The molecular weight excluding hydrogens is 427 g/mol. The first kappa shape index (κ1) is 24.1. The van der Waals surface area contributed by atoms with Crippen LogP contribution in [0.1, 0.15) is 16.1 Å². The van der Waals surface area contributed by atoms with Crippen LogP contribution in [0.5, 0.6) is 0 Å². The fourth-order valence-electron chi connectivity index (χ4n) is 2.84. The molecule has 3 rings (SSSR count). The van der Waals surface area contributed by atoms with Crippen molar-refractivity contribution in [1.29, 1.82) is 0 Å². The second kappa shape index (κ2) is 11.2. The Morgan fingerprint density at radius 3 is 2.32 bits per heavy atom. The molecule has 1 aliphatic rings. The Labute approximate surface area is 181 Å². The molecule has 3 N–H and O–H groups in total. The summed E-state index contributed by atoms with van der Waals surface area (Å²) in [5.74, 6) is 0.0815. The Bertz CT molecular complexity index is 775. The third kappa shape index (κ3) is 6.04. The molecule has 0 aliphatic carbocycles. The van der Waals surface area contributed by atoms with Gasteiger partial charge >= 0.3 is 0 Å². The first-order chi connectivity index (χ1) is 12.6.